The van der Waals surface area contributed by atoms with Crippen molar-refractivity contribution >= 4 is 57.8 Å². The molecule has 0 aliphatic carbocycles. The van der Waals surface area contributed by atoms with Gasteiger partial charge in [0.05, 0.1) is 29.2 Å². The van der Waals surface area contributed by atoms with Crippen LogP contribution in [0, 0.1) is 0 Å². The Morgan fingerprint density at radius 1 is 1.03 bits per heavy atom. The molecule has 1 aromatic heterocycles. The van der Waals surface area contributed by atoms with Crippen molar-refractivity contribution < 1.29 is 18.7 Å². The van der Waals surface area contributed by atoms with Gasteiger partial charge in [0.25, 0.3) is 5.91 Å². The van der Waals surface area contributed by atoms with Crippen molar-refractivity contribution in [1.82, 2.24) is 5.32 Å². The Labute approximate surface area is 192 Å². The number of nitrogens with zero attached hydrogens (tertiary/aromatic N) is 1. The van der Waals surface area contributed by atoms with Crippen LogP contribution in [0.1, 0.15) is 5.76 Å². The third kappa shape index (κ3) is 4.74. The summed E-state index contributed by atoms with van der Waals surface area (Å²) in [4.78, 5) is 17.3. The van der Waals surface area contributed by atoms with Gasteiger partial charge in [-0.1, -0.05) is 23.2 Å². The van der Waals surface area contributed by atoms with Crippen LogP contribution in [0.4, 0.5) is 5.69 Å². The molecule has 1 amide bonds. The summed E-state index contributed by atoms with van der Waals surface area (Å²) in [5, 5.41) is 4.10. The zero-order chi connectivity index (χ0) is 22.0. The van der Waals surface area contributed by atoms with Crippen molar-refractivity contribution in [2.45, 2.75) is 0 Å². The lowest BCUT2D eigenvalue weighted by Gasteiger charge is -2.07. The number of hydrogen-bond acceptors (Lipinski definition) is 6. The van der Waals surface area contributed by atoms with Gasteiger partial charge < -0.3 is 19.2 Å². The minimum absolute atomic E-state index is 0.260. The first-order valence-electron chi connectivity index (χ1n) is 9.03. The molecule has 0 atom stereocenters. The smallest absolute Gasteiger partial charge is 0.264 e. The Balaban J connectivity index is 1.55. The number of halogens is 2. The van der Waals surface area contributed by atoms with Gasteiger partial charge in [0.15, 0.2) is 5.17 Å². The molecule has 0 unspecified atom stereocenters. The predicted octanol–water partition coefficient (Wildman–Crippen LogP) is 6.16. The molecule has 1 aliphatic rings. The Morgan fingerprint density at radius 3 is 2.61 bits per heavy atom. The normalized spacial score (nSPS) is 16.1. The number of amidine groups is 1. The summed E-state index contributed by atoms with van der Waals surface area (Å²) in [5.74, 6) is 2.08. The quantitative estimate of drug-likeness (QED) is 0.448. The van der Waals surface area contributed by atoms with E-state index in [9.17, 15) is 4.79 Å². The van der Waals surface area contributed by atoms with E-state index in [1.165, 1.54) is 11.8 Å². The van der Waals surface area contributed by atoms with Crippen molar-refractivity contribution in [2.24, 2.45) is 4.99 Å². The molecule has 0 saturated carbocycles. The van der Waals surface area contributed by atoms with Gasteiger partial charge in [-0.05, 0) is 54.2 Å². The van der Waals surface area contributed by atoms with Crippen molar-refractivity contribution in [2.75, 3.05) is 14.2 Å². The van der Waals surface area contributed by atoms with E-state index >= 15 is 0 Å². The Morgan fingerprint density at radius 2 is 1.87 bits per heavy atom. The van der Waals surface area contributed by atoms with Gasteiger partial charge in [-0.25, -0.2) is 4.99 Å². The molecule has 2 aromatic carbocycles. The van der Waals surface area contributed by atoms with Crippen molar-refractivity contribution in [3.05, 3.63) is 69.2 Å². The minimum atomic E-state index is -0.260. The van der Waals surface area contributed by atoms with E-state index in [4.69, 9.17) is 37.1 Å². The summed E-state index contributed by atoms with van der Waals surface area (Å²) in [5.41, 5.74) is 1.36. The molecule has 1 saturated heterocycles. The first-order valence-corrected chi connectivity index (χ1v) is 10.6. The zero-order valence-electron chi connectivity index (χ0n) is 16.4. The van der Waals surface area contributed by atoms with E-state index in [1.54, 1.807) is 62.8 Å². The summed E-state index contributed by atoms with van der Waals surface area (Å²) < 4.78 is 16.4. The molecule has 4 rings (SSSR count). The maximum atomic E-state index is 12.4. The average Bonchev–Trinajstić information content (AvgIpc) is 3.37. The highest BCUT2D eigenvalue weighted by Crippen LogP contribution is 2.35. The fourth-order valence-corrected chi connectivity index (χ4v) is 3.94. The van der Waals surface area contributed by atoms with E-state index in [-0.39, 0.29) is 5.91 Å². The number of hydrogen-bond donors (Lipinski definition) is 1. The number of thioether (sulfide) groups is 1. The lowest BCUT2D eigenvalue weighted by molar-refractivity contribution is -0.115. The maximum absolute atomic E-state index is 12.4. The number of furan rings is 1. The van der Waals surface area contributed by atoms with Crippen LogP contribution in [0.15, 0.2) is 62.8 Å². The second kappa shape index (κ2) is 9.09. The van der Waals surface area contributed by atoms with Crippen LogP contribution in [0.2, 0.25) is 10.0 Å². The number of amides is 1. The van der Waals surface area contributed by atoms with Crippen molar-refractivity contribution in [3.8, 4) is 22.8 Å². The fourth-order valence-electron chi connectivity index (χ4n) is 2.83. The maximum Gasteiger partial charge on any atom is 0.264 e. The van der Waals surface area contributed by atoms with E-state index in [0.717, 1.165) is 5.56 Å². The van der Waals surface area contributed by atoms with Crippen LogP contribution in [0.25, 0.3) is 17.4 Å². The molecule has 0 bridgehead atoms. The second-order valence-corrected chi connectivity index (χ2v) is 8.20. The number of benzene rings is 2. The number of carbonyl (C=O) groups excluding carboxylic acids is 1. The lowest BCUT2D eigenvalue weighted by atomic mass is 10.2. The summed E-state index contributed by atoms with van der Waals surface area (Å²) in [6.45, 7) is 0. The van der Waals surface area contributed by atoms with Gasteiger partial charge in [0.1, 0.15) is 28.7 Å². The topological polar surface area (TPSA) is 73.1 Å². The van der Waals surface area contributed by atoms with Gasteiger partial charge in [-0.3, -0.25) is 4.79 Å². The van der Waals surface area contributed by atoms with Crippen LogP contribution in [0.5, 0.6) is 11.5 Å². The zero-order valence-corrected chi connectivity index (χ0v) is 18.8. The standard InChI is InChI=1S/C22H16Cl2N2O4S/c1-28-13-4-7-17(19(10-13)29-2)25-22-26-21(27)20(31-22)11-14-5-8-18(30-14)12-3-6-15(23)16(24)9-12/h3-11H,1-2H3,(H,25,26,27). The number of aliphatic imine (C=N–C) groups is 1. The molecule has 2 heterocycles. The first kappa shape index (κ1) is 21.4. The minimum Gasteiger partial charge on any atom is -0.497 e. The molecule has 1 fully saturated rings. The van der Waals surface area contributed by atoms with Gasteiger partial charge >= 0.3 is 0 Å². The van der Waals surface area contributed by atoms with E-state index in [2.05, 4.69) is 10.3 Å². The average molecular weight is 475 g/mol. The molecule has 1 N–H and O–H groups in total. The second-order valence-electron chi connectivity index (χ2n) is 6.35. The van der Waals surface area contributed by atoms with Gasteiger partial charge in [0.2, 0.25) is 0 Å². The van der Waals surface area contributed by atoms with Crippen LogP contribution < -0.4 is 14.8 Å². The number of carbonyl (C=O) groups is 1. The highest BCUT2D eigenvalue weighted by Gasteiger charge is 2.25. The number of rotatable bonds is 5. The Kier molecular flexibility index (Phi) is 6.27. The third-order valence-corrected chi connectivity index (χ3v) is 6.01. The third-order valence-electron chi connectivity index (χ3n) is 4.36. The van der Waals surface area contributed by atoms with E-state index < -0.39 is 0 Å². The molecule has 0 spiro atoms. The summed E-state index contributed by atoms with van der Waals surface area (Å²) in [7, 11) is 3.12. The van der Waals surface area contributed by atoms with Gasteiger partial charge in [-0.2, -0.15) is 0 Å². The van der Waals surface area contributed by atoms with Crippen LogP contribution in [-0.2, 0) is 4.79 Å². The van der Waals surface area contributed by atoms with Crippen molar-refractivity contribution in [1.29, 1.82) is 0 Å². The molecule has 3 aromatic rings. The lowest BCUT2D eigenvalue weighted by Crippen LogP contribution is -2.19. The van der Waals surface area contributed by atoms with Crippen LogP contribution >= 0.6 is 35.0 Å². The van der Waals surface area contributed by atoms with E-state index in [0.29, 0.717) is 48.8 Å². The SMILES string of the molecule is COc1ccc(N=C2NC(=O)C(=Cc3ccc(-c4ccc(Cl)c(Cl)c4)o3)S2)c(OC)c1. The number of ether oxygens (including phenoxy) is 2. The molecular formula is C22H16Cl2N2O4S. The largest absolute Gasteiger partial charge is 0.497 e. The van der Waals surface area contributed by atoms with Crippen LogP contribution in [0.3, 0.4) is 0 Å². The molecule has 6 nitrogen and oxygen atoms in total. The highest BCUT2D eigenvalue weighted by atomic mass is 35.5. The predicted molar refractivity (Wildman–Crippen MR) is 125 cm³/mol. The molecule has 9 heteroatoms. The van der Waals surface area contributed by atoms with Crippen molar-refractivity contribution in [3.63, 3.8) is 0 Å². The first-order chi connectivity index (χ1) is 15.0. The summed E-state index contributed by atoms with van der Waals surface area (Å²) >= 11 is 13.3. The number of methoxy groups -OCH3 is 2. The Bertz CT molecular complexity index is 1220. The Hall–Kier alpha value is -2.87. The molecule has 158 valence electrons. The van der Waals surface area contributed by atoms with Gasteiger partial charge in [0, 0.05) is 17.7 Å². The van der Waals surface area contributed by atoms with Gasteiger partial charge in [-0.15, -0.1) is 0 Å². The fraction of sp³-hybridized carbons (Fsp3) is 0.0909. The van der Waals surface area contributed by atoms with E-state index in [1.807, 2.05) is 6.07 Å². The monoisotopic (exact) mass is 474 g/mol. The summed E-state index contributed by atoms with van der Waals surface area (Å²) in [6.07, 6.45) is 1.66. The summed E-state index contributed by atoms with van der Waals surface area (Å²) in [6, 6.07) is 14.1. The molecule has 31 heavy (non-hydrogen) atoms. The highest BCUT2D eigenvalue weighted by molar-refractivity contribution is 8.18. The number of nitrogens with one attached hydrogen (secondary N) is 1. The van der Waals surface area contributed by atoms with Crippen LogP contribution in [-0.4, -0.2) is 25.3 Å². The molecule has 1 aliphatic heterocycles. The molecule has 0 radical (unpaired) electrons. The molecular weight excluding hydrogens is 459 g/mol.